The van der Waals surface area contributed by atoms with Crippen LogP contribution in [-0.4, -0.2) is 20.8 Å². The van der Waals surface area contributed by atoms with Crippen LogP contribution in [0, 0.1) is 0 Å². The Kier molecular flexibility index (Phi) is 4.70. The highest BCUT2D eigenvalue weighted by Gasteiger charge is 2.24. The van der Waals surface area contributed by atoms with Gasteiger partial charge >= 0.3 is 10.3 Å². The van der Waals surface area contributed by atoms with Crippen molar-refractivity contribution in [3.8, 4) is 0 Å². The Morgan fingerprint density at radius 1 is 0.828 bits per heavy atom. The van der Waals surface area contributed by atoms with Crippen molar-refractivity contribution in [3.05, 3.63) is 78.4 Å². The van der Waals surface area contributed by atoms with Gasteiger partial charge in [0.15, 0.2) is 0 Å². The molecule has 1 unspecified atom stereocenters. The summed E-state index contributed by atoms with van der Waals surface area (Å²) in [7, 11) is -7.96. The minimum atomic E-state index is -4.12. The Morgan fingerprint density at radius 3 is 2.14 bits per heavy atom. The van der Waals surface area contributed by atoms with Crippen molar-refractivity contribution in [2.75, 3.05) is 0 Å². The molecule has 0 spiro atoms. The van der Waals surface area contributed by atoms with Crippen LogP contribution < -0.4 is 5.14 Å². The predicted octanol–water partition coefficient (Wildman–Crippen LogP) is 3.31. The maximum absolute atomic E-state index is 13.4. The molecule has 0 fully saturated rings. The van der Waals surface area contributed by atoms with Crippen molar-refractivity contribution in [1.29, 1.82) is 0 Å². The van der Waals surface area contributed by atoms with E-state index in [1.54, 1.807) is 67.6 Å². The molecule has 0 radical (unpaired) electrons. The zero-order chi connectivity index (χ0) is 20.8. The lowest BCUT2D eigenvalue weighted by Gasteiger charge is -2.12. The van der Waals surface area contributed by atoms with Crippen LogP contribution >= 0.6 is 0 Å². The third-order valence-electron chi connectivity index (χ3n) is 4.68. The fourth-order valence-electron chi connectivity index (χ4n) is 3.42. The Hall–Kier alpha value is -2.72. The molecule has 29 heavy (non-hydrogen) atoms. The first-order chi connectivity index (χ1) is 13.7. The molecule has 2 N–H and O–H groups in total. The Bertz CT molecular complexity index is 1430. The van der Waals surface area contributed by atoms with Crippen LogP contribution in [0.2, 0.25) is 0 Å². The molecule has 1 aromatic heterocycles. The van der Waals surface area contributed by atoms with Gasteiger partial charge in [0.05, 0.1) is 15.9 Å². The summed E-state index contributed by atoms with van der Waals surface area (Å²) < 4.78 is 55.4. The van der Waals surface area contributed by atoms with Gasteiger partial charge in [-0.1, -0.05) is 42.5 Å². The number of nitrogens with zero attached hydrogens (tertiary/aromatic N) is 1. The van der Waals surface area contributed by atoms with Crippen molar-refractivity contribution < 1.29 is 21.0 Å². The van der Waals surface area contributed by atoms with E-state index in [0.29, 0.717) is 22.0 Å². The van der Waals surface area contributed by atoms with Gasteiger partial charge in [0, 0.05) is 10.8 Å². The largest absolute Gasteiger partial charge is 0.333 e. The predicted molar refractivity (Wildman–Crippen MR) is 111 cm³/mol. The van der Waals surface area contributed by atoms with Gasteiger partial charge in [-0.3, -0.25) is 4.18 Å². The first-order valence-electron chi connectivity index (χ1n) is 8.73. The van der Waals surface area contributed by atoms with E-state index in [1.165, 1.54) is 3.97 Å². The van der Waals surface area contributed by atoms with Crippen LogP contribution in [-0.2, 0) is 24.5 Å². The van der Waals surface area contributed by atoms with Gasteiger partial charge in [-0.2, -0.15) is 8.42 Å². The van der Waals surface area contributed by atoms with E-state index in [9.17, 15) is 16.8 Å². The van der Waals surface area contributed by atoms with Gasteiger partial charge in [-0.15, -0.1) is 0 Å². The van der Waals surface area contributed by atoms with Gasteiger partial charge in [0.1, 0.15) is 6.10 Å². The van der Waals surface area contributed by atoms with E-state index in [-0.39, 0.29) is 4.90 Å². The smallest absolute Gasteiger partial charge is 0.250 e. The molecular weight excluding hydrogens is 412 g/mol. The van der Waals surface area contributed by atoms with Crippen LogP contribution in [0.25, 0.3) is 21.8 Å². The third kappa shape index (κ3) is 3.53. The number of hydrogen-bond acceptors (Lipinski definition) is 5. The molecule has 0 aliphatic heterocycles. The number of aromatic nitrogens is 1. The van der Waals surface area contributed by atoms with E-state index in [4.69, 9.17) is 9.32 Å². The fourth-order valence-corrected chi connectivity index (χ4v) is 5.48. The maximum atomic E-state index is 13.4. The average Bonchev–Trinajstić information content (AvgIpc) is 3.02. The van der Waals surface area contributed by atoms with Gasteiger partial charge < -0.3 is 0 Å². The molecule has 3 aromatic carbocycles. The number of rotatable bonds is 5. The normalized spacial score (nSPS) is 13.7. The lowest BCUT2D eigenvalue weighted by atomic mass is 10.1. The highest BCUT2D eigenvalue weighted by molar-refractivity contribution is 7.90. The third-order valence-corrected chi connectivity index (χ3v) is 6.98. The summed E-state index contributed by atoms with van der Waals surface area (Å²) in [5, 5.41) is 6.37. The fraction of sp³-hybridized carbons (Fsp3) is 0.100. The minimum Gasteiger partial charge on any atom is -0.250 e. The first-order valence-corrected chi connectivity index (χ1v) is 11.6. The van der Waals surface area contributed by atoms with Crippen LogP contribution in [0.5, 0.6) is 0 Å². The Morgan fingerprint density at radius 2 is 1.45 bits per heavy atom. The SMILES string of the molecule is CC(OS(N)(=O)=O)c1ccc2c(c1)c1ccccc1n2S(=O)(=O)c1ccccc1. The van der Waals surface area contributed by atoms with Crippen molar-refractivity contribution in [3.63, 3.8) is 0 Å². The highest BCUT2D eigenvalue weighted by atomic mass is 32.2. The zero-order valence-corrected chi connectivity index (χ0v) is 17.0. The molecule has 0 saturated heterocycles. The van der Waals surface area contributed by atoms with Crippen molar-refractivity contribution in [1.82, 2.24) is 3.97 Å². The van der Waals surface area contributed by atoms with Crippen molar-refractivity contribution in [2.24, 2.45) is 5.14 Å². The van der Waals surface area contributed by atoms with Gasteiger partial charge in [0.2, 0.25) is 0 Å². The van der Waals surface area contributed by atoms with Gasteiger partial charge in [0.25, 0.3) is 10.0 Å². The van der Waals surface area contributed by atoms with Crippen LogP contribution in [0.3, 0.4) is 0 Å². The maximum Gasteiger partial charge on any atom is 0.333 e. The van der Waals surface area contributed by atoms with E-state index in [1.807, 2.05) is 12.1 Å². The number of fused-ring (bicyclic) bond motifs is 3. The van der Waals surface area contributed by atoms with Crippen molar-refractivity contribution >= 4 is 42.1 Å². The lowest BCUT2D eigenvalue weighted by Crippen LogP contribution is -2.18. The molecule has 0 bridgehead atoms. The summed E-state index contributed by atoms with van der Waals surface area (Å²) >= 11 is 0. The Labute approximate surface area is 168 Å². The summed E-state index contributed by atoms with van der Waals surface area (Å²) in [5.74, 6) is 0. The average molecular weight is 431 g/mol. The molecule has 0 aliphatic carbocycles. The molecule has 4 rings (SSSR count). The van der Waals surface area contributed by atoms with Gasteiger partial charge in [-0.25, -0.2) is 17.5 Å². The lowest BCUT2D eigenvalue weighted by molar-refractivity contribution is 0.234. The number of hydrogen-bond donors (Lipinski definition) is 1. The highest BCUT2D eigenvalue weighted by Crippen LogP contribution is 2.34. The second kappa shape index (κ2) is 6.96. The second-order valence-corrected chi connectivity index (χ2v) is 9.57. The topological polar surface area (TPSA) is 108 Å². The van der Waals surface area contributed by atoms with Crippen LogP contribution in [0.1, 0.15) is 18.6 Å². The molecule has 4 aromatic rings. The van der Waals surface area contributed by atoms with E-state index in [2.05, 4.69) is 0 Å². The molecule has 0 aliphatic rings. The van der Waals surface area contributed by atoms with Gasteiger partial charge in [-0.05, 0) is 42.8 Å². The summed E-state index contributed by atoms with van der Waals surface area (Å²) in [4.78, 5) is 0.178. The monoisotopic (exact) mass is 430 g/mol. The summed E-state index contributed by atoms with van der Waals surface area (Å²) in [5.41, 5.74) is 1.58. The summed E-state index contributed by atoms with van der Waals surface area (Å²) in [6.07, 6.45) is -0.817. The summed E-state index contributed by atoms with van der Waals surface area (Å²) in [6.45, 7) is 1.56. The van der Waals surface area contributed by atoms with E-state index >= 15 is 0 Å². The minimum absolute atomic E-state index is 0.178. The number of para-hydroxylation sites is 1. The molecule has 150 valence electrons. The van der Waals surface area contributed by atoms with Crippen LogP contribution in [0.15, 0.2) is 77.7 Å². The molecule has 0 amide bonds. The first kappa shape index (κ1) is 19.6. The molecule has 7 nitrogen and oxygen atoms in total. The number of nitrogens with two attached hydrogens (primary N) is 1. The van der Waals surface area contributed by atoms with Crippen LogP contribution in [0.4, 0.5) is 0 Å². The molecule has 9 heteroatoms. The van der Waals surface area contributed by atoms with E-state index in [0.717, 1.165) is 5.39 Å². The summed E-state index contributed by atoms with van der Waals surface area (Å²) in [6, 6.07) is 20.3. The second-order valence-electron chi connectivity index (χ2n) is 6.61. The zero-order valence-electron chi connectivity index (χ0n) is 15.4. The molecule has 1 heterocycles. The molecule has 0 saturated carbocycles. The Balaban J connectivity index is 1.99. The number of benzene rings is 3. The quantitative estimate of drug-likeness (QED) is 0.522. The molecule has 1 atom stereocenters. The molecular formula is C20H18N2O5S2. The van der Waals surface area contributed by atoms with Crippen molar-refractivity contribution in [2.45, 2.75) is 17.9 Å². The standard InChI is InChI=1S/C20H18N2O5S2/c1-14(27-29(21,25)26)15-11-12-20-18(13-15)17-9-5-6-10-19(17)22(20)28(23,24)16-7-3-2-4-8-16/h2-14H,1H3,(H2,21,25,26). The van der Waals surface area contributed by atoms with E-state index < -0.39 is 26.4 Å².